The first kappa shape index (κ1) is 18.5. The van der Waals surface area contributed by atoms with Crippen molar-refractivity contribution in [1.82, 2.24) is 5.32 Å². The van der Waals surface area contributed by atoms with E-state index in [-0.39, 0.29) is 6.09 Å². The summed E-state index contributed by atoms with van der Waals surface area (Å²) in [5.41, 5.74) is 1.91. The zero-order valence-electron chi connectivity index (χ0n) is 13.9. The van der Waals surface area contributed by atoms with E-state index in [2.05, 4.69) is 31.3 Å². The second kappa shape index (κ2) is 8.62. The normalized spacial score (nSPS) is 10.6. The van der Waals surface area contributed by atoms with Crippen LogP contribution in [0.4, 0.5) is 4.79 Å². The largest absolute Gasteiger partial charge is 0.444 e. The van der Waals surface area contributed by atoms with Crippen LogP contribution in [-0.4, -0.2) is 11.7 Å². The summed E-state index contributed by atoms with van der Waals surface area (Å²) >= 11 is 0. The van der Waals surface area contributed by atoms with Crippen molar-refractivity contribution in [2.75, 3.05) is 0 Å². The number of ether oxygens (including phenoxy) is 1. The molecular weight excluding hydrogens is 250 g/mol. The van der Waals surface area contributed by atoms with Crippen molar-refractivity contribution in [2.45, 2.75) is 66.5 Å². The minimum Gasteiger partial charge on any atom is -0.444 e. The molecule has 1 amide bonds. The number of nitrogens with one attached hydrogen (secondary N) is 1. The standard InChI is InChI=1S/C15H23NO2.C2H6/c1-11(2)13-8-6-7-12(9-13)10-16-14(17)18-15(3,4)5;1-2/h6-9,11H,10H2,1-5H3,(H,16,17);1-2H3. The van der Waals surface area contributed by atoms with E-state index in [0.717, 1.165) is 5.56 Å². The third-order valence-corrected chi connectivity index (χ3v) is 2.45. The minimum atomic E-state index is -0.454. The SMILES string of the molecule is CC.CC(C)c1cccc(CNC(=O)OC(C)(C)C)c1. The third-order valence-electron chi connectivity index (χ3n) is 2.45. The average molecular weight is 279 g/mol. The Labute approximate surface area is 123 Å². The highest BCUT2D eigenvalue weighted by atomic mass is 16.6. The summed E-state index contributed by atoms with van der Waals surface area (Å²) in [5.74, 6) is 0.492. The second-order valence-electron chi connectivity index (χ2n) is 5.76. The average Bonchev–Trinajstić information content (AvgIpc) is 2.37. The van der Waals surface area contributed by atoms with Gasteiger partial charge in [-0.2, -0.15) is 0 Å². The molecule has 0 aromatic heterocycles. The molecule has 20 heavy (non-hydrogen) atoms. The summed E-state index contributed by atoms with van der Waals surface area (Å²) in [7, 11) is 0. The first-order chi connectivity index (χ1) is 9.28. The molecule has 0 heterocycles. The van der Waals surface area contributed by atoms with Crippen LogP contribution >= 0.6 is 0 Å². The molecule has 0 aliphatic heterocycles. The lowest BCUT2D eigenvalue weighted by atomic mass is 10.0. The van der Waals surface area contributed by atoms with Gasteiger partial charge in [0, 0.05) is 6.54 Å². The molecule has 1 aromatic carbocycles. The van der Waals surface area contributed by atoms with E-state index in [4.69, 9.17) is 4.74 Å². The Morgan fingerprint density at radius 3 is 2.35 bits per heavy atom. The van der Waals surface area contributed by atoms with Crippen LogP contribution in [0.25, 0.3) is 0 Å². The number of hydrogen-bond donors (Lipinski definition) is 1. The number of carbonyl (C=O) groups excluding carboxylic acids is 1. The quantitative estimate of drug-likeness (QED) is 0.858. The second-order valence-corrected chi connectivity index (χ2v) is 5.76. The van der Waals surface area contributed by atoms with Gasteiger partial charge in [-0.05, 0) is 37.8 Å². The van der Waals surface area contributed by atoms with Gasteiger partial charge in [-0.15, -0.1) is 0 Å². The zero-order valence-corrected chi connectivity index (χ0v) is 13.9. The minimum absolute atomic E-state index is 0.377. The predicted molar refractivity (Wildman–Crippen MR) is 85.0 cm³/mol. The lowest BCUT2D eigenvalue weighted by Gasteiger charge is -2.19. The number of hydrogen-bond acceptors (Lipinski definition) is 2. The van der Waals surface area contributed by atoms with Gasteiger partial charge in [-0.1, -0.05) is 52.0 Å². The maximum atomic E-state index is 11.5. The van der Waals surface area contributed by atoms with Gasteiger partial charge in [0.1, 0.15) is 5.60 Å². The van der Waals surface area contributed by atoms with Gasteiger partial charge < -0.3 is 10.1 Å². The molecule has 1 rings (SSSR count). The lowest BCUT2D eigenvalue weighted by Crippen LogP contribution is -2.32. The predicted octanol–water partition coefficient (Wildman–Crippen LogP) is 4.86. The number of alkyl carbamates (subject to hydrolysis) is 1. The summed E-state index contributed by atoms with van der Waals surface area (Å²) in [4.78, 5) is 11.5. The van der Waals surface area contributed by atoms with Gasteiger partial charge in [-0.3, -0.25) is 0 Å². The molecule has 1 aromatic rings. The van der Waals surface area contributed by atoms with Crippen LogP contribution in [0.5, 0.6) is 0 Å². The van der Waals surface area contributed by atoms with Crippen LogP contribution in [0.15, 0.2) is 24.3 Å². The van der Waals surface area contributed by atoms with E-state index in [9.17, 15) is 4.79 Å². The summed E-state index contributed by atoms with van der Waals surface area (Å²) < 4.78 is 5.19. The lowest BCUT2D eigenvalue weighted by molar-refractivity contribution is 0.0523. The maximum absolute atomic E-state index is 11.5. The van der Waals surface area contributed by atoms with Gasteiger partial charge in [-0.25, -0.2) is 4.79 Å². The summed E-state index contributed by atoms with van der Waals surface area (Å²) in [6.45, 7) is 14.4. The molecule has 0 aliphatic carbocycles. The molecule has 0 saturated heterocycles. The Morgan fingerprint density at radius 2 is 1.85 bits per heavy atom. The van der Waals surface area contributed by atoms with Crippen molar-refractivity contribution >= 4 is 6.09 Å². The van der Waals surface area contributed by atoms with Crippen molar-refractivity contribution in [3.8, 4) is 0 Å². The molecule has 0 unspecified atom stereocenters. The topological polar surface area (TPSA) is 38.3 Å². The van der Waals surface area contributed by atoms with Crippen molar-refractivity contribution in [3.05, 3.63) is 35.4 Å². The molecule has 0 saturated carbocycles. The molecule has 1 N–H and O–H groups in total. The number of carbonyl (C=O) groups is 1. The van der Waals surface area contributed by atoms with Gasteiger partial charge in [0.25, 0.3) is 0 Å². The fourth-order valence-corrected chi connectivity index (χ4v) is 1.55. The van der Waals surface area contributed by atoms with Crippen LogP contribution in [0.3, 0.4) is 0 Å². The Bertz CT molecular complexity index is 406. The molecular formula is C17H29NO2. The van der Waals surface area contributed by atoms with E-state index in [0.29, 0.717) is 12.5 Å². The van der Waals surface area contributed by atoms with Gasteiger partial charge >= 0.3 is 6.09 Å². The number of benzene rings is 1. The zero-order chi connectivity index (χ0) is 15.8. The van der Waals surface area contributed by atoms with Crippen molar-refractivity contribution < 1.29 is 9.53 Å². The first-order valence-electron chi connectivity index (χ1n) is 7.33. The van der Waals surface area contributed by atoms with Crippen molar-refractivity contribution in [1.29, 1.82) is 0 Å². The Kier molecular flexibility index (Phi) is 7.97. The summed E-state index contributed by atoms with van der Waals surface area (Å²) in [6.07, 6.45) is -0.377. The molecule has 0 radical (unpaired) electrons. The molecule has 114 valence electrons. The molecule has 0 bridgehead atoms. The molecule has 0 fully saturated rings. The highest BCUT2D eigenvalue weighted by molar-refractivity contribution is 5.67. The van der Waals surface area contributed by atoms with E-state index >= 15 is 0 Å². The Morgan fingerprint density at radius 1 is 1.25 bits per heavy atom. The highest BCUT2D eigenvalue weighted by Gasteiger charge is 2.15. The van der Waals surface area contributed by atoms with Gasteiger partial charge in [0.15, 0.2) is 0 Å². The molecule has 0 aliphatic rings. The van der Waals surface area contributed by atoms with Crippen LogP contribution in [0.2, 0.25) is 0 Å². The highest BCUT2D eigenvalue weighted by Crippen LogP contribution is 2.15. The molecule has 3 nitrogen and oxygen atoms in total. The fourth-order valence-electron chi connectivity index (χ4n) is 1.55. The van der Waals surface area contributed by atoms with E-state index in [1.165, 1.54) is 5.56 Å². The van der Waals surface area contributed by atoms with Crippen LogP contribution < -0.4 is 5.32 Å². The molecule has 3 heteroatoms. The van der Waals surface area contributed by atoms with E-state index in [1.807, 2.05) is 46.8 Å². The monoisotopic (exact) mass is 279 g/mol. The Hall–Kier alpha value is -1.51. The first-order valence-corrected chi connectivity index (χ1v) is 7.33. The smallest absolute Gasteiger partial charge is 0.407 e. The van der Waals surface area contributed by atoms with Crippen molar-refractivity contribution in [2.24, 2.45) is 0 Å². The fraction of sp³-hybridized carbons (Fsp3) is 0.588. The van der Waals surface area contributed by atoms with Crippen LogP contribution in [0.1, 0.15) is 65.5 Å². The summed E-state index contributed by atoms with van der Waals surface area (Å²) in [6, 6.07) is 8.23. The van der Waals surface area contributed by atoms with Gasteiger partial charge in [0.2, 0.25) is 0 Å². The van der Waals surface area contributed by atoms with E-state index < -0.39 is 5.60 Å². The van der Waals surface area contributed by atoms with Crippen molar-refractivity contribution in [3.63, 3.8) is 0 Å². The van der Waals surface area contributed by atoms with Gasteiger partial charge in [0.05, 0.1) is 0 Å². The van der Waals surface area contributed by atoms with E-state index in [1.54, 1.807) is 0 Å². The molecule has 0 atom stereocenters. The molecule has 0 spiro atoms. The summed E-state index contributed by atoms with van der Waals surface area (Å²) in [5, 5.41) is 2.76. The number of rotatable bonds is 3. The maximum Gasteiger partial charge on any atom is 0.407 e. The third kappa shape index (κ3) is 7.82. The van der Waals surface area contributed by atoms with Crippen LogP contribution in [-0.2, 0) is 11.3 Å². The Balaban J connectivity index is 0.00000172. The van der Waals surface area contributed by atoms with Crippen LogP contribution in [0, 0.1) is 0 Å². The number of amides is 1.